The Balaban J connectivity index is 2.18. The highest BCUT2D eigenvalue weighted by molar-refractivity contribution is 7.45. The molecule has 0 aromatic rings. The second kappa shape index (κ2) is 7.88. The van der Waals surface area contributed by atoms with E-state index in [1.54, 1.807) is 6.66 Å². The molecule has 0 aliphatic carbocycles. The molecule has 6 heteroatoms. The summed E-state index contributed by atoms with van der Waals surface area (Å²) in [5, 5.41) is 0. The molecule has 17 heavy (non-hydrogen) atoms. The van der Waals surface area contributed by atoms with E-state index in [9.17, 15) is 0 Å². The summed E-state index contributed by atoms with van der Waals surface area (Å²) in [7, 11) is -1.21. The van der Waals surface area contributed by atoms with Crippen LogP contribution in [0, 0.1) is 5.92 Å². The van der Waals surface area contributed by atoms with Gasteiger partial charge in [-0.1, -0.05) is 0 Å². The second-order valence-electron chi connectivity index (χ2n) is 4.52. The van der Waals surface area contributed by atoms with Crippen LogP contribution < -0.4 is 11.5 Å². The van der Waals surface area contributed by atoms with Crippen molar-refractivity contribution in [2.75, 3.05) is 32.9 Å². The first-order valence-electron chi connectivity index (χ1n) is 6.08. The Morgan fingerprint density at radius 1 is 1.59 bits per heavy atom. The van der Waals surface area contributed by atoms with E-state index in [4.69, 9.17) is 20.9 Å². The van der Waals surface area contributed by atoms with E-state index >= 15 is 0 Å². The van der Waals surface area contributed by atoms with Gasteiger partial charge in [0.05, 0.1) is 12.4 Å². The Morgan fingerprint density at radius 3 is 3.00 bits per heavy atom. The quantitative estimate of drug-likeness (QED) is 0.486. The second-order valence-corrected chi connectivity index (χ2v) is 5.71. The number of hydrogen-bond acceptors (Lipinski definition) is 5. The summed E-state index contributed by atoms with van der Waals surface area (Å²) in [5.74, 6) is 0.910. The molecule has 1 fully saturated rings. The van der Waals surface area contributed by atoms with E-state index in [1.807, 2.05) is 6.08 Å². The van der Waals surface area contributed by atoms with Crippen molar-refractivity contribution in [1.29, 1.82) is 0 Å². The Morgan fingerprint density at radius 2 is 2.35 bits per heavy atom. The SMILES string of the molecule is CP(O)OCCCN1CCCC(C=C(N)N)C1. The van der Waals surface area contributed by atoms with E-state index in [1.165, 1.54) is 12.8 Å². The molecule has 2 unspecified atom stereocenters. The minimum atomic E-state index is -1.21. The fourth-order valence-electron chi connectivity index (χ4n) is 2.19. The van der Waals surface area contributed by atoms with Gasteiger partial charge < -0.3 is 25.8 Å². The van der Waals surface area contributed by atoms with Crippen molar-refractivity contribution in [2.45, 2.75) is 19.3 Å². The molecule has 0 amide bonds. The summed E-state index contributed by atoms with van der Waals surface area (Å²) < 4.78 is 5.17. The van der Waals surface area contributed by atoms with Crippen LogP contribution >= 0.6 is 8.38 Å². The molecule has 0 bridgehead atoms. The molecule has 0 aromatic heterocycles. The summed E-state index contributed by atoms with van der Waals surface area (Å²) >= 11 is 0. The fraction of sp³-hybridized carbons (Fsp3) is 0.818. The average Bonchev–Trinajstić information content (AvgIpc) is 2.24. The lowest BCUT2D eigenvalue weighted by Crippen LogP contribution is -2.36. The van der Waals surface area contributed by atoms with E-state index < -0.39 is 8.38 Å². The Kier molecular flexibility index (Phi) is 6.82. The first-order chi connectivity index (χ1) is 8.08. The Bertz CT molecular complexity index is 245. The molecule has 1 aliphatic heterocycles. The third-order valence-corrected chi connectivity index (χ3v) is 3.42. The molecular formula is C11H24N3O2P. The maximum atomic E-state index is 9.02. The van der Waals surface area contributed by atoms with Gasteiger partial charge in [-0.25, -0.2) is 0 Å². The van der Waals surface area contributed by atoms with E-state index in [0.29, 0.717) is 18.3 Å². The highest BCUT2D eigenvalue weighted by Gasteiger charge is 2.17. The van der Waals surface area contributed by atoms with E-state index in [0.717, 1.165) is 26.1 Å². The molecular weight excluding hydrogens is 237 g/mol. The third-order valence-electron chi connectivity index (χ3n) is 2.87. The van der Waals surface area contributed by atoms with Crippen molar-refractivity contribution in [3.8, 4) is 0 Å². The third kappa shape index (κ3) is 6.84. The molecule has 5 nitrogen and oxygen atoms in total. The molecule has 0 saturated carbocycles. The average molecular weight is 261 g/mol. The lowest BCUT2D eigenvalue weighted by atomic mass is 9.97. The van der Waals surface area contributed by atoms with Crippen molar-refractivity contribution in [2.24, 2.45) is 17.4 Å². The topological polar surface area (TPSA) is 84.7 Å². The first kappa shape index (κ1) is 14.7. The minimum Gasteiger partial charge on any atom is -0.386 e. The lowest BCUT2D eigenvalue weighted by molar-refractivity contribution is 0.180. The largest absolute Gasteiger partial charge is 0.386 e. The van der Waals surface area contributed by atoms with Crippen LogP contribution in [0.2, 0.25) is 0 Å². The molecule has 100 valence electrons. The van der Waals surface area contributed by atoms with Crippen LogP contribution in [-0.4, -0.2) is 42.7 Å². The van der Waals surface area contributed by atoms with Crippen LogP contribution in [-0.2, 0) is 4.52 Å². The van der Waals surface area contributed by atoms with Crippen LogP contribution in [0.5, 0.6) is 0 Å². The first-order valence-corrected chi connectivity index (χ1v) is 7.74. The van der Waals surface area contributed by atoms with Crippen molar-refractivity contribution in [3.63, 3.8) is 0 Å². The van der Waals surface area contributed by atoms with Crippen LogP contribution in [0.25, 0.3) is 0 Å². The van der Waals surface area contributed by atoms with Crippen LogP contribution in [0.15, 0.2) is 11.9 Å². The summed E-state index contributed by atoms with van der Waals surface area (Å²) in [6, 6.07) is 0. The molecule has 0 radical (unpaired) electrons. The summed E-state index contributed by atoms with van der Waals surface area (Å²) in [4.78, 5) is 11.4. The summed E-state index contributed by atoms with van der Waals surface area (Å²) in [5.41, 5.74) is 11.0. The van der Waals surface area contributed by atoms with Gasteiger partial charge in [0.2, 0.25) is 0 Å². The molecule has 1 aliphatic rings. The van der Waals surface area contributed by atoms with Gasteiger partial charge in [-0.3, -0.25) is 0 Å². The molecule has 0 aromatic carbocycles. The Hall–Kier alpha value is -0.350. The summed E-state index contributed by atoms with van der Waals surface area (Å²) in [6.45, 7) is 5.50. The smallest absolute Gasteiger partial charge is 0.164 e. The van der Waals surface area contributed by atoms with E-state index in [-0.39, 0.29) is 0 Å². The normalized spacial score (nSPS) is 23.3. The standard InChI is InChI=1S/C11H24N3O2P/c1-17(15)16-7-3-6-14-5-2-4-10(9-14)8-11(12)13/h8,10,15H,2-7,9,12-13H2,1H3. The van der Waals surface area contributed by atoms with Gasteiger partial charge in [0.1, 0.15) is 0 Å². The molecule has 1 rings (SSSR count). The molecule has 1 heterocycles. The number of nitrogens with two attached hydrogens (primary N) is 2. The highest BCUT2D eigenvalue weighted by Crippen LogP contribution is 2.25. The monoisotopic (exact) mass is 261 g/mol. The van der Waals surface area contributed by atoms with Gasteiger partial charge >= 0.3 is 0 Å². The van der Waals surface area contributed by atoms with Crippen molar-refractivity contribution < 1.29 is 9.42 Å². The predicted octanol–water partition coefficient (Wildman–Crippen LogP) is 0.798. The number of hydrogen-bond donors (Lipinski definition) is 3. The zero-order valence-corrected chi connectivity index (χ0v) is 11.4. The van der Waals surface area contributed by atoms with Gasteiger partial charge in [-0.05, 0) is 37.8 Å². The van der Waals surface area contributed by atoms with Gasteiger partial charge in [0.15, 0.2) is 8.38 Å². The maximum absolute atomic E-state index is 9.02. The predicted molar refractivity (Wildman–Crippen MR) is 71.3 cm³/mol. The molecule has 5 N–H and O–H groups in total. The molecule has 0 spiro atoms. The van der Waals surface area contributed by atoms with Gasteiger partial charge in [-0.15, -0.1) is 0 Å². The number of nitrogens with zero attached hydrogens (tertiary/aromatic N) is 1. The van der Waals surface area contributed by atoms with Crippen molar-refractivity contribution >= 4 is 8.38 Å². The minimum absolute atomic E-state index is 0.428. The van der Waals surface area contributed by atoms with Crippen LogP contribution in [0.4, 0.5) is 0 Å². The van der Waals surface area contributed by atoms with Gasteiger partial charge in [-0.2, -0.15) is 0 Å². The highest BCUT2D eigenvalue weighted by atomic mass is 31.2. The molecule has 1 saturated heterocycles. The van der Waals surface area contributed by atoms with Crippen LogP contribution in [0.3, 0.4) is 0 Å². The number of rotatable bonds is 6. The van der Waals surface area contributed by atoms with Crippen molar-refractivity contribution in [3.05, 3.63) is 11.9 Å². The zero-order valence-electron chi connectivity index (χ0n) is 10.5. The number of piperidine rings is 1. The summed E-state index contributed by atoms with van der Waals surface area (Å²) in [6.07, 6.45) is 5.28. The van der Waals surface area contributed by atoms with Crippen LogP contribution in [0.1, 0.15) is 19.3 Å². The maximum Gasteiger partial charge on any atom is 0.164 e. The van der Waals surface area contributed by atoms with E-state index in [2.05, 4.69) is 4.90 Å². The van der Waals surface area contributed by atoms with Crippen molar-refractivity contribution in [1.82, 2.24) is 4.90 Å². The number of likely N-dealkylation sites (tertiary alicyclic amines) is 1. The molecule has 2 atom stereocenters. The Labute approximate surface area is 105 Å². The van der Waals surface area contributed by atoms with Gasteiger partial charge in [0, 0.05) is 19.8 Å². The zero-order chi connectivity index (χ0) is 12.7. The van der Waals surface area contributed by atoms with Gasteiger partial charge in [0.25, 0.3) is 0 Å². The lowest BCUT2D eigenvalue weighted by Gasteiger charge is -2.31. The fourth-order valence-corrected chi connectivity index (χ4v) is 2.58.